The molecule has 0 bridgehead atoms. The highest BCUT2D eigenvalue weighted by molar-refractivity contribution is 5.66. The van der Waals surface area contributed by atoms with Crippen LogP contribution in [0, 0.1) is 0 Å². The molecular weight excluding hydrogens is 246 g/mol. The average Bonchev–Trinajstić information content (AvgIpc) is 2.43. The number of rotatable bonds is 6. The Bertz CT molecular complexity index is 447. The average molecular weight is 265 g/mol. The van der Waals surface area contributed by atoms with E-state index in [-0.39, 0.29) is 12.5 Å². The third-order valence-corrected chi connectivity index (χ3v) is 3.21. The van der Waals surface area contributed by atoms with Gasteiger partial charge in [-0.3, -0.25) is 4.79 Å². The lowest BCUT2D eigenvalue weighted by atomic mass is 10.00. The number of hydrogen-bond donors (Lipinski definition) is 2. The first-order valence-electron chi connectivity index (χ1n) is 6.46. The molecule has 0 amide bonds. The van der Waals surface area contributed by atoms with Gasteiger partial charge in [0, 0.05) is 24.4 Å². The van der Waals surface area contributed by atoms with Gasteiger partial charge in [0.1, 0.15) is 11.5 Å². The van der Waals surface area contributed by atoms with Crippen LogP contribution in [-0.2, 0) is 4.79 Å². The molecule has 0 aliphatic carbocycles. The Kier molecular flexibility index (Phi) is 4.63. The largest absolute Gasteiger partial charge is 0.497 e. The SMILES string of the molecule is COc1ccc2c(c1)C(NCCCC(=O)O)CCO2. The Balaban J connectivity index is 1.98. The summed E-state index contributed by atoms with van der Waals surface area (Å²) in [6, 6.07) is 5.97. The Hall–Kier alpha value is -1.75. The lowest BCUT2D eigenvalue weighted by Crippen LogP contribution is -2.28. The van der Waals surface area contributed by atoms with Crippen LogP contribution in [-0.4, -0.2) is 31.3 Å². The van der Waals surface area contributed by atoms with E-state index in [4.69, 9.17) is 14.6 Å². The van der Waals surface area contributed by atoms with Crippen LogP contribution in [0.25, 0.3) is 0 Å². The van der Waals surface area contributed by atoms with Gasteiger partial charge >= 0.3 is 5.97 Å². The second-order valence-corrected chi connectivity index (χ2v) is 4.54. The predicted molar refractivity (Wildman–Crippen MR) is 70.7 cm³/mol. The second kappa shape index (κ2) is 6.43. The van der Waals surface area contributed by atoms with E-state index in [1.807, 2.05) is 18.2 Å². The van der Waals surface area contributed by atoms with Crippen molar-refractivity contribution in [1.82, 2.24) is 5.32 Å². The van der Waals surface area contributed by atoms with Crippen molar-refractivity contribution in [3.63, 3.8) is 0 Å². The zero-order valence-corrected chi connectivity index (χ0v) is 11.0. The van der Waals surface area contributed by atoms with Crippen molar-refractivity contribution in [2.24, 2.45) is 0 Å². The molecule has 104 valence electrons. The number of nitrogens with one attached hydrogen (secondary N) is 1. The van der Waals surface area contributed by atoms with Crippen molar-refractivity contribution < 1.29 is 19.4 Å². The molecule has 1 aliphatic rings. The molecule has 19 heavy (non-hydrogen) atoms. The number of benzene rings is 1. The van der Waals surface area contributed by atoms with E-state index in [2.05, 4.69) is 5.32 Å². The summed E-state index contributed by atoms with van der Waals surface area (Å²) in [6.07, 6.45) is 1.71. The molecule has 0 fully saturated rings. The fourth-order valence-electron chi connectivity index (χ4n) is 2.23. The second-order valence-electron chi connectivity index (χ2n) is 4.54. The maximum absolute atomic E-state index is 10.5. The van der Waals surface area contributed by atoms with Gasteiger partial charge in [-0.25, -0.2) is 0 Å². The van der Waals surface area contributed by atoms with E-state index in [0.717, 1.165) is 23.5 Å². The molecule has 0 aromatic heterocycles. The molecule has 0 saturated heterocycles. The minimum absolute atomic E-state index is 0.196. The van der Waals surface area contributed by atoms with Crippen LogP contribution in [0.4, 0.5) is 0 Å². The first kappa shape index (κ1) is 13.7. The van der Waals surface area contributed by atoms with Gasteiger partial charge in [0.05, 0.1) is 13.7 Å². The smallest absolute Gasteiger partial charge is 0.303 e. The van der Waals surface area contributed by atoms with Crippen LogP contribution in [0.1, 0.15) is 30.9 Å². The summed E-state index contributed by atoms with van der Waals surface area (Å²) in [5.74, 6) is 0.931. The highest BCUT2D eigenvalue weighted by Gasteiger charge is 2.21. The lowest BCUT2D eigenvalue weighted by Gasteiger charge is -2.27. The quantitative estimate of drug-likeness (QED) is 0.770. The van der Waals surface area contributed by atoms with Gasteiger partial charge in [0.2, 0.25) is 0 Å². The molecule has 1 atom stereocenters. The zero-order chi connectivity index (χ0) is 13.7. The summed E-state index contributed by atoms with van der Waals surface area (Å²) in [7, 11) is 1.64. The molecule has 0 saturated carbocycles. The van der Waals surface area contributed by atoms with Crippen molar-refractivity contribution >= 4 is 5.97 Å². The van der Waals surface area contributed by atoms with Crippen LogP contribution in [0.5, 0.6) is 11.5 Å². The highest BCUT2D eigenvalue weighted by Crippen LogP contribution is 2.34. The summed E-state index contributed by atoms with van der Waals surface area (Å²) in [5.41, 5.74) is 1.08. The topological polar surface area (TPSA) is 67.8 Å². The molecule has 1 aromatic carbocycles. The summed E-state index contributed by atoms with van der Waals surface area (Å²) in [6.45, 7) is 1.36. The number of hydrogen-bond acceptors (Lipinski definition) is 4. The lowest BCUT2D eigenvalue weighted by molar-refractivity contribution is -0.137. The molecule has 2 N–H and O–H groups in total. The molecule has 5 heteroatoms. The number of carboxylic acids is 1. The van der Waals surface area contributed by atoms with Crippen molar-refractivity contribution in [1.29, 1.82) is 0 Å². The maximum atomic E-state index is 10.5. The van der Waals surface area contributed by atoms with Gasteiger partial charge in [-0.15, -0.1) is 0 Å². The van der Waals surface area contributed by atoms with Crippen molar-refractivity contribution in [2.45, 2.75) is 25.3 Å². The van der Waals surface area contributed by atoms with E-state index in [0.29, 0.717) is 19.6 Å². The monoisotopic (exact) mass is 265 g/mol. The van der Waals surface area contributed by atoms with Crippen LogP contribution in [0.15, 0.2) is 18.2 Å². The van der Waals surface area contributed by atoms with Crippen LogP contribution >= 0.6 is 0 Å². The molecule has 1 unspecified atom stereocenters. The fourth-order valence-corrected chi connectivity index (χ4v) is 2.23. The Morgan fingerprint density at radius 1 is 1.58 bits per heavy atom. The van der Waals surface area contributed by atoms with Gasteiger partial charge in [-0.1, -0.05) is 0 Å². The van der Waals surface area contributed by atoms with Gasteiger partial charge in [-0.05, 0) is 31.2 Å². The van der Waals surface area contributed by atoms with Gasteiger partial charge in [0.25, 0.3) is 0 Å². The third kappa shape index (κ3) is 3.61. The first-order valence-corrected chi connectivity index (χ1v) is 6.46. The Labute approximate surface area is 112 Å². The molecule has 2 rings (SSSR count). The van der Waals surface area contributed by atoms with E-state index in [1.54, 1.807) is 7.11 Å². The van der Waals surface area contributed by atoms with Gasteiger partial charge in [-0.2, -0.15) is 0 Å². The third-order valence-electron chi connectivity index (χ3n) is 3.21. The van der Waals surface area contributed by atoms with E-state index in [9.17, 15) is 4.79 Å². The summed E-state index contributed by atoms with van der Waals surface area (Å²) >= 11 is 0. The highest BCUT2D eigenvalue weighted by atomic mass is 16.5. The minimum Gasteiger partial charge on any atom is -0.497 e. The van der Waals surface area contributed by atoms with Crippen molar-refractivity contribution in [2.75, 3.05) is 20.3 Å². The summed E-state index contributed by atoms with van der Waals surface area (Å²) < 4.78 is 10.8. The standard InChI is InChI=1S/C14H19NO4/c1-18-10-4-5-13-11(9-10)12(6-8-19-13)15-7-2-3-14(16)17/h4-5,9,12,15H,2-3,6-8H2,1H3,(H,16,17). The number of carbonyl (C=O) groups is 1. The molecule has 1 heterocycles. The van der Waals surface area contributed by atoms with E-state index >= 15 is 0 Å². The van der Waals surface area contributed by atoms with Gasteiger partial charge < -0.3 is 19.9 Å². The Morgan fingerprint density at radius 3 is 3.16 bits per heavy atom. The van der Waals surface area contributed by atoms with E-state index < -0.39 is 5.97 Å². The van der Waals surface area contributed by atoms with Crippen LogP contribution in [0.2, 0.25) is 0 Å². The fraction of sp³-hybridized carbons (Fsp3) is 0.500. The molecule has 5 nitrogen and oxygen atoms in total. The minimum atomic E-state index is -0.754. The van der Waals surface area contributed by atoms with Crippen LogP contribution in [0.3, 0.4) is 0 Å². The summed E-state index contributed by atoms with van der Waals surface area (Å²) in [5, 5.41) is 12.0. The Morgan fingerprint density at radius 2 is 2.42 bits per heavy atom. The normalized spacial score (nSPS) is 17.4. The maximum Gasteiger partial charge on any atom is 0.303 e. The van der Waals surface area contributed by atoms with Gasteiger partial charge in [0.15, 0.2) is 0 Å². The number of aliphatic carboxylic acids is 1. The van der Waals surface area contributed by atoms with E-state index in [1.165, 1.54) is 0 Å². The number of ether oxygens (including phenoxy) is 2. The molecular formula is C14H19NO4. The number of methoxy groups -OCH3 is 1. The summed E-state index contributed by atoms with van der Waals surface area (Å²) in [4.78, 5) is 10.5. The molecule has 0 spiro atoms. The molecule has 1 aromatic rings. The van der Waals surface area contributed by atoms with Crippen molar-refractivity contribution in [3.05, 3.63) is 23.8 Å². The zero-order valence-electron chi connectivity index (χ0n) is 11.0. The molecule has 0 radical (unpaired) electrons. The number of carboxylic acid groups (broad SMARTS) is 1. The predicted octanol–water partition coefficient (Wildman–Crippen LogP) is 1.97. The first-order chi connectivity index (χ1) is 9.20. The van der Waals surface area contributed by atoms with Crippen LogP contribution < -0.4 is 14.8 Å². The molecule has 1 aliphatic heterocycles. The van der Waals surface area contributed by atoms with Crippen molar-refractivity contribution in [3.8, 4) is 11.5 Å². The number of fused-ring (bicyclic) bond motifs is 1.